The van der Waals surface area contributed by atoms with Gasteiger partial charge >= 0.3 is 23.9 Å². The Hall–Kier alpha value is -4.61. The second kappa shape index (κ2) is 15.6. The highest BCUT2D eigenvalue weighted by atomic mass is 16.5. The molecule has 0 spiro atoms. The van der Waals surface area contributed by atoms with E-state index in [0.29, 0.717) is 17.7 Å². The van der Waals surface area contributed by atoms with Crippen molar-refractivity contribution in [1.82, 2.24) is 16.0 Å². The standard InChI is InChI=1S/C27H33N3O9/c1-2-3-7-14-28-23(31)20(15-18-10-12-19(13-11-18)39-22(25(34)35)26(36)37)29-27(38)30-21(24(32)33)16-17-8-5-4-6-9-17/h4-6,8-13,20-22H,2-3,7,14-16H2,1H3,(H,28,31)(H,32,33)(H,34,35)(H,36,37)(H2,29,30,38)/t20-,21-/m0/s1. The number of hydrogen-bond donors (Lipinski definition) is 6. The van der Waals surface area contributed by atoms with E-state index in [4.69, 9.17) is 14.9 Å². The number of carboxylic acid groups (broad SMARTS) is 3. The van der Waals surface area contributed by atoms with Crippen molar-refractivity contribution >= 4 is 29.8 Å². The van der Waals surface area contributed by atoms with E-state index < -0.39 is 48.0 Å². The SMILES string of the molecule is CCCCCNC(=O)[C@H](Cc1ccc(OC(C(=O)O)C(=O)O)cc1)NC(=O)N[C@@H](Cc1ccccc1)C(=O)O. The topological polar surface area (TPSA) is 191 Å². The third kappa shape index (κ3) is 10.7. The number of amides is 3. The molecule has 39 heavy (non-hydrogen) atoms. The van der Waals surface area contributed by atoms with Gasteiger partial charge in [-0.2, -0.15) is 0 Å². The van der Waals surface area contributed by atoms with Gasteiger partial charge in [-0.1, -0.05) is 62.2 Å². The molecule has 2 aromatic carbocycles. The zero-order valence-electron chi connectivity index (χ0n) is 21.5. The van der Waals surface area contributed by atoms with Crippen LogP contribution in [0.3, 0.4) is 0 Å². The normalized spacial score (nSPS) is 12.2. The summed E-state index contributed by atoms with van der Waals surface area (Å²) in [6.45, 7) is 2.42. The van der Waals surface area contributed by atoms with Crippen molar-refractivity contribution in [2.24, 2.45) is 0 Å². The van der Waals surface area contributed by atoms with E-state index >= 15 is 0 Å². The summed E-state index contributed by atoms with van der Waals surface area (Å²) < 4.78 is 4.99. The van der Waals surface area contributed by atoms with Crippen molar-refractivity contribution < 1.29 is 44.0 Å². The Labute approximate surface area is 225 Å². The smallest absolute Gasteiger partial charge is 0.356 e. The highest BCUT2D eigenvalue weighted by molar-refractivity contribution is 5.96. The zero-order valence-corrected chi connectivity index (χ0v) is 21.5. The van der Waals surface area contributed by atoms with Crippen molar-refractivity contribution in [1.29, 1.82) is 0 Å². The van der Waals surface area contributed by atoms with E-state index in [1.807, 2.05) is 6.92 Å². The van der Waals surface area contributed by atoms with Crippen LogP contribution in [0.25, 0.3) is 0 Å². The summed E-state index contributed by atoms with van der Waals surface area (Å²) in [5.74, 6) is -5.02. The highest BCUT2D eigenvalue weighted by Crippen LogP contribution is 2.16. The molecule has 2 atom stereocenters. The molecule has 12 heteroatoms. The first-order valence-corrected chi connectivity index (χ1v) is 12.4. The quantitative estimate of drug-likeness (QED) is 0.135. The van der Waals surface area contributed by atoms with Crippen molar-refractivity contribution in [2.45, 2.75) is 57.2 Å². The summed E-state index contributed by atoms with van der Waals surface area (Å²) in [4.78, 5) is 59.5. The third-order valence-corrected chi connectivity index (χ3v) is 5.65. The van der Waals surface area contributed by atoms with Crippen molar-refractivity contribution in [3.63, 3.8) is 0 Å². The second-order valence-electron chi connectivity index (χ2n) is 8.77. The molecule has 0 bridgehead atoms. The van der Waals surface area contributed by atoms with Gasteiger partial charge < -0.3 is 36.0 Å². The van der Waals surface area contributed by atoms with E-state index in [2.05, 4.69) is 16.0 Å². The number of carbonyl (C=O) groups excluding carboxylic acids is 2. The number of urea groups is 1. The monoisotopic (exact) mass is 543 g/mol. The van der Waals surface area contributed by atoms with Crippen LogP contribution in [0.15, 0.2) is 54.6 Å². The van der Waals surface area contributed by atoms with Gasteiger partial charge in [0, 0.05) is 19.4 Å². The molecule has 0 saturated carbocycles. The predicted molar refractivity (Wildman–Crippen MR) is 139 cm³/mol. The number of benzene rings is 2. The molecule has 0 aliphatic heterocycles. The van der Waals surface area contributed by atoms with Crippen LogP contribution in [0.5, 0.6) is 5.75 Å². The van der Waals surface area contributed by atoms with Gasteiger partial charge in [-0.05, 0) is 29.7 Å². The molecule has 0 heterocycles. The molecule has 6 N–H and O–H groups in total. The molecule has 0 aliphatic carbocycles. The fraction of sp³-hybridized carbons (Fsp3) is 0.370. The van der Waals surface area contributed by atoms with E-state index in [1.165, 1.54) is 24.3 Å². The molecule has 12 nitrogen and oxygen atoms in total. The average molecular weight is 544 g/mol. The minimum atomic E-state index is -2.08. The Morgan fingerprint density at radius 1 is 0.744 bits per heavy atom. The molecule has 3 amide bonds. The van der Waals surface area contributed by atoms with Crippen molar-refractivity contribution in [3.8, 4) is 5.75 Å². The fourth-order valence-corrected chi connectivity index (χ4v) is 3.61. The Balaban J connectivity index is 2.11. The highest BCUT2D eigenvalue weighted by Gasteiger charge is 2.28. The maximum atomic E-state index is 12.9. The predicted octanol–water partition coefficient (Wildman–Crippen LogP) is 1.82. The summed E-state index contributed by atoms with van der Waals surface area (Å²) in [6.07, 6.45) is 0.600. The molecule has 2 aromatic rings. The Bertz CT molecular complexity index is 1110. The molecule has 2 rings (SSSR count). The molecular formula is C27H33N3O9. The summed E-state index contributed by atoms with van der Waals surface area (Å²) in [5, 5.41) is 35.2. The van der Waals surface area contributed by atoms with Crippen LogP contribution in [0.4, 0.5) is 4.79 Å². The summed E-state index contributed by atoms with van der Waals surface area (Å²) in [5.41, 5.74) is 1.27. The Morgan fingerprint density at radius 2 is 1.31 bits per heavy atom. The average Bonchev–Trinajstić information content (AvgIpc) is 2.90. The second-order valence-corrected chi connectivity index (χ2v) is 8.77. The maximum absolute atomic E-state index is 12.9. The first kappa shape index (κ1) is 30.6. The number of carbonyl (C=O) groups is 5. The van der Waals surface area contributed by atoms with Crippen LogP contribution in [-0.2, 0) is 32.0 Å². The number of ether oxygens (including phenoxy) is 1. The largest absolute Gasteiger partial charge is 0.480 e. The number of hydrogen-bond acceptors (Lipinski definition) is 6. The van der Waals surface area contributed by atoms with E-state index in [9.17, 15) is 29.1 Å². The van der Waals surface area contributed by atoms with Crippen LogP contribution in [0.2, 0.25) is 0 Å². The van der Waals surface area contributed by atoms with Crippen molar-refractivity contribution in [3.05, 3.63) is 65.7 Å². The van der Waals surface area contributed by atoms with Crippen LogP contribution in [0.1, 0.15) is 37.3 Å². The Kier molecular flexibility index (Phi) is 12.2. The van der Waals surface area contributed by atoms with Crippen LogP contribution in [-0.4, -0.2) is 69.9 Å². The summed E-state index contributed by atoms with van der Waals surface area (Å²) in [7, 11) is 0. The third-order valence-electron chi connectivity index (χ3n) is 5.65. The lowest BCUT2D eigenvalue weighted by Crippen LogP contribution is -2.54. The molecule has 0 fully saturated rings. The summed E-state index contributed by atoms with van der Waals surface area (Å²) >= 11 is 0. The molecule has 210 valence electrons. The zero-order chi connectivity index (χ0) is 28.8. The first-order valence-electron chi connectivity index (χ1n) is 12.4. The van der Waals surface area contributed by atoms with Gasteiger partial charge in [-0.15, -0.1) is 0 Å². The maximum Gasteiger partial charge on any atom is 0.356 e. The number of carboxylic acids is 3. The summed E-state index contributed by atoms with van der Waals surface area (Å²) in [6, 6.07) is 11.4. The minimum absolute atomic E-state index is 0.00923. The Morgan fingerprint density at radius 3 is 1.87 bits per heavy atom. The van der Waals surface area contributed by atoms with Crippen LogP contribution < -0.4 is 20.7 Å². The molecule has 0 aromatic heterocycles. The first-order chi connectivity index (χ1) is 18.6. The van der Waals surface area contributed by atoms with Crippen molar-refractivity contribution in [2.75, 3.05) is 6.54 Å². The number of aliphatic carboxylic acids is 3. The van der Waals surface area contributed by atoms with Gasteiger partial charge in [0.1, 0.15) is 17.8 Å². The van der Waals surface area contributed by atoms with E-state index in [0.717, 1.165) is 19.3 Å². The van der Waals surface area contributed by atoms with Gasteiger partial charge in [0.2, 0.25) is 5.91 Å². The number of rotatable bonds is 16. The van der Waals surface area contributed by atoms with Gasteiger partial charge in [0.05, 0.1) is 0 Å². The lowest BCUT2D eigenvalue weighted by atomic mass is 10.0. The van der Waals surface area contributed by atoms with Gasteiger partial charge in [-0.25, -0.2) is 19.2 Å². The molecular weight excluding hydrogens is 510 g/mol. The molecule has 0 saturated heterocycles. The molecule has 0 aliphatic rings. The lowest BCUT2D eigenvalue weighted by molar-refractivity contribution is -0.159. The van der Waals surface area contributed by atoms with E-state index in [1.54, 1.807) is 30.3 Å². The molecule has 0 unspecified atom stereocenters. The van der Waals surface area contributed by atoms with E-state index in [-0.39, 0.29) is 18.6 Å². The lowest BCUT2D eigenvalue weighted by Gasteiger charge is -2.21. The van der Waals surface area contributed by atoms with Gasteiger partial charge in [0.15, 0.2) is 0 Å². The molecule has 0 radical (unpaired) electrons. The van der Waals surface area contributed by atoms with Gasteiger partial charge in [-0.3, -0.25) is 4.79 Å². The van der Waals surface area contributed by atoms with Crippen LogP contribution >= 0.6 is 0 Å². The minimum Gasteiger partial charge on any atom is -0.480 e. The fourth-order valence-electron chi connectivity index (χ4n) is 3.61. The number of unbranched alkanes of at least 4 members (excludes halogenated alkanes) is 2. The van der Waals surface area contributed by atoms with Crippen LogP contribution in [0, 0.1) is 0 Å². The number of nitrogens with one attached hydrogen (secondary N) is 3. The van der Waals surface area contributed by atoms with Gasteiger partial charge in [0.25, 0.3) is 6.10 Å².